The molecule has 0 spiro atoms. The third-order valence-corrected chi connectivity index (χ3v) is 5.08. The minimum atomic E-state index is 0. The van der Waals surface area contributed by atoms with Crippen LogP contribution in [0.4, 0.5) is 0 Å². The number of halogens is 1. The molecule has 2 aromatic carbocycles. The Bertz CT molecular complexity index is 752. The third-order valence-electron chi connectivity index (χ3n) is 5.08. The highest BCUT2D eigenvalue weighted by molar-refractivity contribution is 5.85. The van der Waals surface area contributed by atoms with E-state index in [0.29, 0.717) is 6.42 Å². The lowest BCUT2D eigenvalue weighted by atomic mass is 10.0. The van der Waals surface area contributed by atoms with Crippen LogP contribution in [0.3, 0.4) is 0 Å². The van der Waals surface area contributed by atoms with Gasteiger partial charge in [-0.25, -0.2) is 0 Å². The van der Waals surface area contributed by atoms with Gasteiger partial charge in [0.25, 0.3) is 0 Å². The molecule has 5 nitrogen and oxygen atoms in total. The maximum Gasteiger partial charge on any atom is 0.223 e. The van der Waals surface area contributed by atoms with Gasteiger partial charge in [-0.2, -0.15) is 0 Å². The number of piperazine rings is 1. The lowest BCUT2D eigenvalue weighted by Crippen LogP contribution is -2.48. The van der Waals surface area contributed by atoms with E-state index >= 15 is 0 Å². The summed E-state index contributed by atoms with van der Waals surface area (Å²) in [4.78, 5) is 14.9. The minimum Gasteiger partial charge on any atom is -0.497 e. The Kier molecular flexibility index (Phi) is 8.61. The van der Waals surface area contributed by atoms with Crippen molar-refractivity contribution in [3.05, 3.63) is 59.7 Å². The Morgan fingerprint density at radius 3 is 2.57 bits per heavy atom. The van der Waals surface area contributed by atoms with Gasteiger partial charge in [-0.3, -0.25) is 4.79 Å². The average molecular weight is 405 g/mol. The quantitative estimate of drug-likeness (QED) is 0.765. The van der Waals surface area contributed by atoms with E-state index in [-0.39, 0.29) is 24.4 Å². The van der Waals surface area contributed by atoms with Crippen LogP contribution >= 0.6 is 12.4 Å². The number of ether oxygens (including phenoxy) is 2. The molecule has 0 aliphatic carbocycles. The first-order valence-corrected chi connectivity index (χ1v) is 9.49. The maximum absolute atomic E-state index is 12.9. The first-order chi connectivity index (χ1) is 13.2. The lowest BCUT2D eigenvalue weighted by molar-refractivity contribution is -0.134. The van der Waals surface area contributed by atoms with Gasteiger partial charge in [0, 0.05) is 31.6 Å². The van der Waals surface area contributed by atoms with E-state index in [0.717, 1.165) is 49.5 Å². The summed E-state index contributed by atoms with van der Waals surface area (Å²) in [7, 11) is 3.34. The Hall–Kier alpha value is -2.24. The normalized spacial score (nSPS) is 16.2. The first-order valence-electron chi connectivity index (χ1n) is 9.49. The number of nitrogens with zero attached hydrogens (tertiary/aromatic N) is 1. The highest BCUT2D eigenvalue weighted by Gasteiger charge is 2.29. The van der Waals surface area contributed by atoms with Crippen molar-refractivity contribution in [2.75, 3.05) is 33.9 Å². The van der Waals surface area contributed by atoms with E-state index in [1.807, 2.05) is 41.3 Å². The van der Waals surface area contributed by atoms with Gasteiger partial charge >= 0.3 is 0 Å². The highest BCUT2D eigenvalue weighted by atomic mass is 35.5. The molecule has 1 aliphatic heterocycles. The number of amides is 1. The molecule has 1 aliphatic rings. The number of nitrogens with one attached hydrogen (secondary N) is 1. The predicted molar refractivity (Wildman–Crippen MR) is 113 cm³/mol. The molecule has 0 bridgehead atoms. The zero-order valence-corrected chi connectivity index (χ0v) is 17.3. The summed E-state index contributed by atoms with van der Waals surface area (Å²) in [6.45, 7) is 2.31. The van der Waals surface area contributed by atoms with Crippen LogP contribution in [-0.4, -0.2) is 44.7 Å². The Morgan fingerprint density at radius 1 is 1.11 bits per heavy atom. The number of hydrogen-bond acceptors (Lipinski definition) is 4. The summed E-state index contributed by atoms with van der Waals surface area (Å²) >= 11 is 0. The minimum absolute atomic E-state index is 0. The fourth-order valence-corrected chi connectivity index (χ4v) is 3.60. The topological polar surface area (TPSA) is 50.8 Å². The van der Waals surface area contributed by atoms with Gasteiger partial charge < -0.3 is 19.7 Å². The van der Waals surface area contributed by atoms with Gasteiger partial charge in [0.2, 0.25) is 5.91 Å². The zero-order valence-electron chi connectivity index (χ0n) is 16.5. The Morgan fingerprint density at radius 2 is 1.86 bits per heavy atom. The van der Waals surface area contributed by atoms with Crippen molar-refractivity contribution < 1.29 is 14.3 Å². The van der Waals surface area contributed by atoms with Crippen LogP contribution in [0.2, 0.25) is 0 Å². The van der Waals surface area contributed by atoms with E-state index in [2.05, 4.69) is 17.4 Å². The third kappa shape index (κ3) is 5.40. The van der Waals surface area contributed by atoms with E-state index < -0.39 is 0 Å². The van der Waals surface area contributed by atoms with Crippen molar-refractivity contribution in [1.82, 2.24) is 10.2 Å². The fraction of sp³-hybridized carbons (Fsp3) is 0.409. The molecule has 1 saturated heterocycles. The standard InChI is InChI=1S/C22H28N2O3.ClH/c1-26-18-12-10-17(11-13-18)6-5-9-22(25)24-15-14-23-16-20(24)19-7-3-4-8-21(19)27-2;/h3-4,7-8,10-13,20,23H,5-6,9,14-16H2,1-2H3;1H. The summed E-state index contributed by atoms with van der Waals surface area (Å²) in [5, 5.41) is 3.40. The molecule has 1 unspecified atom stereocenters. The van der Waals surface area contributed by atoms with E-state index in [4.69, 9.17) is 9.47 Å². The molecule has 0 saturated carbocycles. The summed E-state index contributed by atoms with van der Waals surface area (Å²) in [6, 6.07) is 16.0. The SMILES string of the molecule is COc1ccc(CCCC(=O)N2CCNCC2c2ccccc2OC)cc1.Cl. The highest BCUT2D eigenvalue weighted by Crippen LogP contribution is 2.30. The second-order valence-corrected chi connectivity index (χ2v) is 6.75. The van der Waals surface area contributed by atoms with Gasteiger partial charge in [-0.05, 0) is 36.6 Å². The second kappa shape index (κ2) is 10.9. The van der Waals surface area contributed by atoms with Crippen LogP contribution in [0.5, 0.6) is 11.5 Å². The van der Waals surface area contributed by atoms with Crippen molar-refractivity contribution in [1.29, 1.82) is 0 Å². The summed E-state index contributed by atoms with van der Waals surface area (Å²) < 4.78 is 10.7. The Balaban J connectivity index is 0.00000280. The van der Waals surface area contributed by atoms with Gasteiger partial charge in [-0.15, -0.1) is 12.4 Å². The first kappa shape index (κ1) is 22.1. The molecule has 28 heavy (non-hydrogen) atoms. The molecule has 1 heterocycles. The fourth-order valence-electron chi connectivity index (χ4n) is 3.60. The van der Waals surface area contributed by atoms with E-state index in [9.17, 15) is 4.79 Å². The van der Waals surface area contributed by atoms with Crippen molar-refractivity contribution in [2.45, 2.75) is 25.3 Å². The van der Waals surface area contributed by atoms with Crippen LogP contribution in [0.1, 0.15) is 30.0 Å². The van der Waals surface area contributed by atoms with Crippen molar-refractivity contribution >= 4 is 18.3 Å². The molecule has 1 fully saturated rings. The monoisotopic (exact) mass is 404 g/mol. The second-order valence-electron chi connectivity index (χ2n) is 6.75. The average Bonchev–Trinajstić information content (AvgIpc) is 2.74. The van der Waals surface area contributed by atoms with Gasteiger partial charge in [-0.1, -0.05) is 30.3 Å². The van der Waals surface area contributed by atoms with Gasteiger partial charge in [0.1, 0.15) is 11.5 Å². The number of benzene rings is 2. The van der Waals surface area contributed by atoms with Crippen LogP contribution in [0.25, 0.3) is 0 Å². The number of methoxy groups -OCH3 is 2. The lowest BCUT2D eigenvalue weighted by Gasteiger charge is -2.37. The Labute approximate surface area is 173 Å². The van der Waals surface area contributed by atoms with Crippen LogP contribution in [-0.2, 0) is 11.2 Å². The van der Waals surface area contributed by atoms with Crippen molar-refractivity contribution in [3.63, 3.8) is 0 Å². The number of aryl methyl sites for hydroxylation is 1. The molecule has 0 aromatic heterocycles. The number of rotatable bonds is 7. The van der Waals surface area contributed by atoms with Crippen LogP contribution in [0, 0.1) is 0 Å². The summed E-state index contributed by atoms with van der Waals surface area (Å²) in [5.41, 5.74) is 2.29. The number of carbonyl (C=O) groups is 1. The van der Waals surface area contributed by atoms with E-state index in [1.54, 1.807) is 14.2 Å². The predicted octanol–water partition coefficient (Wildman–Crippen LogP) is 3.62. The molecule has 6 heteroatoms. The smallest absolute Gasteiger partial charge is 0.223 e. The molecular weight excluding hydrogens is 376 g/mol. The number of para-hydroxylation sites is 1. The maximum atomic E-state index is 12.9. The molecule has 1 N–H and O–H groups in total. The molecule has 1 atom stereocenters. The van der Waals surface area contributed by atoms with Crippen molar-refractivity contribution in [3.8, 4) is 11.5 Å². The summed E-state index contributed by atoms with van der Waals surface area (Å²) in [5.74, 6) is 1.90. The number of hydrogen-bond donors (Lipinski definition) is 1. The van der Waals surface area contributed by atoms with E-state index in [1.165, 1.54) is 5.56 Å². The largest absolute Gasteiger partial charge is 0.497 e. The van der Waals surface area contributed by atoms with Crippen LogP contribution in [0.15, 0.2) is 48.5 Å². The van der Waals surface area contributed by atoms with Crippen molar-refractivity contribution in [2.24, 2.45) is 0 Å². The van der Waals surface area contributed by atoms with Gasteiger partial charge in [0.15, 0.2) is 0 Å². The zero-order chi connectivity index (χ0) is 19.1. The molecule has 0 radical (unpaired) electrons. The summed E-state index contributed by atoms with van der Waals surface area (Å²) in [6.07, 6.45) is 2.28. The molecule has 1 amide bonds. The molecule has 152 valence electrons. The van der Waals surface area contributed by atoms with Gasteiger partial charge in [0.05, 0.1) is 20.3 Å². The number of carbonyl (C=O) groups excluding carboxylic acids is 1. The molecule has 3 rings (SSSR count). The molecular formula is C22H29ClN2O3. The van der Waals surface area contributed by atoms with Crippen LogP contribution < -0.4 is 14.8 Å². The molecule has 2 aromatic rings.